The van der Waals surface area contributed by atoms with Gasteiger partial charge in [-0.25, -0.2) is 0 Å². The maximum absolute atomic E-state index is 9.10. The summed E-state index contributed by atoms with van der Waals surface area (Å²) in [4.78, 5) is 0. The molecule has 1 aromatic carbocycles. The highest BCUT2D eigenvalue weighted by molar-refractivity contribution is 5.17. The summed E-state index contributed by atoms with van der Waals surface area (Å²) in [5, 5.41) is 9.10. The summed E-state index contributed by atoms with van der Waals surface area (Å²) in [5.74, 6) is 0. The molecule has 0 unspecified atom stereocenters. The topological polar surface area (TPSA) is 29.5 Å². The summed E-state index contributed by atoms with van der Waals surface area (Å²) in [6.45, 7) is 3.96. The fourth-order valence-corrected chi connectivity index (χ4v) is 1.22. The van der Waals surface area contributed by atoms with Crippen molar-refractivity contribution >= 4 is 0 Å². The summed E-state index contributed by atoms with van der Waals surface area (Å²) in [6, 6.07) is 9.77. The van der Waals surface area contributed by atoms with Crippen molar-refractivity contribution in [2.75, 3.05) is 6.61 Å². The van der Waals surface area contributed by atoms with Crippen LogP contribution in [0.2, 0.25) is 0 Å². The molecule has 0 heterocycles. The minimum atomic E-state index is -0.193. The van der Waals surface area contributed by atoms with Crippen molar-refractivity contribution in [3.63, 3.8) is 0 Å². The zero-order valence-electron chi connectivity index (χ0n) is 8.10. The maximum Gasteiger partial charge on any atom is 0.106 e. The number of rotatable bonds is 4. The van der Waals surface area contributed by atoms with Gasteiger partial charge < -0.3 is 9.84 Å². The third-order valence-corrected chi connectivity index (χ3v) is 1.77. The van der Waals surface area contributed by atoms with Crippen molar-refractivity contribution in [2.24, 2.45) is 0 Å². The zero-order valence-corrected chi connectivity index (χ0v) is 8.10. The van der Waals surface area contributed by atoms with Gasteiger partial charge in [-0.05, 0) is 19.4 Å². The normalized spacial score (nSPS) is 13.2. The van der Waals surface area contributed by atoms with E-state index in [1.54, 1.807) is 0 Å². The van der Waals surface area contributed by atoms with E-state index >= 15 is 0 Å². The van der Waals surface area contributed by atoms with Crippen molar-refractivity contribution in [1.29, 1.82) is 0 Å². The lowest BCUT2D eigenvalue weighted by atomic mass is 10.1. The van der Waals surface area contributed by atoms with Crippen LogP contribution in [0.3, 0.4) is 0 Å². The van der Waals surface area contributed by atoms with Crippen LogP contribution >= 0.6 is 0 Å². The highest BCUT2D eigenvalue weighted by Gasteiger charge is 2.11. The molecule has 0 fully saturated rings. The predicted molar refractivity (Wildman–Crippen MR) is 52.5 cm³/mol. The van der Waals surface area contributed by atoms with E-state index in [4.69, 9.17) is 9.84 Å². The second-order valence-electron chi connectivity index (χ2n) is 3.27. The fraction of sp³-hybridized carbons (Fsp3) is 0.455. The predicted octanol–water partition coefficient (Wildman–Crippen LogP) is 2.14. The molecule has 1 N–H and O–H groups in total. The Morgan fingerprint density at radius 3 is 2.31 bits per heavy atom. The highest BCUT2D eigenvalue weighted by atomic mass is 16.5. The minimum absolute atomic E-state index is 0.0300. The van der Waals surface area contributed by atoms with E-state index in [-0.39, 0.29) is 18.8 Å². The molecule has 72 valence electrons. The second-order valence-corrected chi connectivity index (χ2v) is 3.27. The molecule has 13 heavy (non-hydrogen) atoms. The molecule has 0 bridgehead atoms. The minimum Gasteiger partial charge on any atom is -0.393 e. The van der Waals surface area contributed by atoms with Crippen LogP contribution in [0.1, 0.15) is 25.5 Å². The van der Waals surface area contributed by atoms with Crippen LogP contribution in [0, 0.1) is 0 Å². The van der Waals surface area contributed by atoms with Gasteiger partial charge in [0.25, 0.3) is 0 Å². The van der Waals surface area contributed by atoms with Gasteiger partial charge >= 0.3 is 0 Å². The Labute approximate surface area is 79.2 Å². The third kappa shape index (κ3) is 3.17. The molecule has 1 aromatic rings. The van der Waals surface area contributed by atoms with Gasteiger partial charge in [0.15, 0.2) is 0 Å². The molecule has 0 aliphatic heterocycles. The van der Waals surface area contributed by atoms with Gasteiger partial charge in [-0.15, -0.1) is 0 Å². The molecule has 0 aliphatic rings. The molecule has 1 rings (SSSR count). The first-order valence-corrected chi connectivity index (χ1v) is 4.55. The van der Waals surface area contributed by atoms with Crippen molar-refractivity contribution in [2.45, 2.75) is 26.1 Å². The van der Waals surface area contributed by atoms with Gasteiger partial charge in [0.2, 0.25) is 0 Å². The Balaban J connectivity index is 2.67. The first-order chi connectivity index (χ1) is 6.24. The van der Waals surface area contributed by atoms with E-state index in [9.17, 15) is 0 Å². The number of aliphatic hydroxyl groups excluding tert-OH is 1. The third-order valence-electron chi connectivity index (χ3n) is 1.77. The van der Waals surface area contributed by atoms with E-state index in [0.717, 1.165) is 5.56 Å². The fourth-order valence-electron chi connectivity index (χ4n) is 1.22. The van der Waals surface area contributed by atoms with Crippen LogP contribution in [0.25, 0.3) is 0 Å². The molecule has 0 radical (unpaired) electrons. The molecular formula is C11H16O2. The Bertz CT molecular complexity index is 231. The Morgan fingerprint density at radius 2 is 1.85 bits per heavy atom. The lowest BCUT2D eigenvalue weighted by Gasteiger charge is -2.18. The van der Waals surface area contributed by atoms with Crippen LogP contribution in [0.15, 0.2) is 30.3 Å². The first kappa shape index (κ1) is 10.2. The summed E-state index contributed by atoms with van der Waals surface area (Å²) in [7, 11) is 0. The molecule has 1 atom stereocenters. The number of ether oxygens (including phenoxy) is 1. The van der Waals surface area contributed by atoms with E-state index in [1.807, 2.05) is 44.2 Å². The molecule has 0 spiro atoms. The lowest BCUT2D eigenvalue weighted by molar-refractivity contribution is -0.0247. The van der Waals surface area contributed by atoms with Crippen LogP contribution in [0.5, 0.6) is 0 Å². The quantitative estimate of drug-likeness (QED) is 0.769. The van der Waals surface area contributed by atoms with E-state index < -0.39 is 0 Å². The second kappa shape index (κ2) is 5.00. The van der Waals surface area contributed by atoms with Gasteiger partial charge in [0.1, 0.15) is 6.10 Å². The lowest BCUT2D eigenvalue weighted by Crippen LogP contribution is -2.13. The zero-order chi connectivity index (χ0) is 9.68. The first-order valence-electron chi connectivity index (χ1n) is 4.55. The van der Waals surface area contributed by atoms with Crippen molar-refractivity contribution in [3.8, 4) is 0 Å². The number of aliphatic hydroxyl groups is 1. The monoisotopic (exact) mass is 180 g/mol. The molecule has 0 saturated carbocycles. The Morgan fingerprint density at radius 1 is 1.23 bits per heavy atom. The molecule has 2 heteroatoms. The van der Waals surface area contributed by atoms with Gasteiger partial charge in [0.05, 0.1) is 12.7 Å². The van der Waals surface area contributed by atoms with Crippen molar-refractivity contribution in [3.05, 3.63) is 35.9 Å². The molecule has 0 aromatic heterocycles. The average Bonchev–Trinajstić information content (AvgIpc) is 2.15. The van der Waals surface area contributed by atoms with Crippen LogP contribution in [-0.2, 0) is 4.74 Å². The molecule has 0 aliphatic carbocycles. The SMILES string of the molecule is CC(C)O[C@@H](CO)c1ccccc1. The largest absolute Gasteiger partial charge is 0.393 e. The molecular weight excluding hydrogens is 164 g/mol. The Kier molecular flexibility index (Phi) is 3.93. The van der Waals surface area contributed by atoms with Gasteiger partial charge in [0, 0.05) is 0 Å². The maximum atomic E-state index is 9.10. The number of hydrogen-bond donors (Lipinski definition) is 1. The molecule has 0 saturated heterocycles. The number of hydrogen-bond acceptors (Lipinski definition) is 2. The number of benzene rings is 1. The van der Waals surface area contributed by atoms with Crippen molar-refractivity contribution in [1.82, 2.24) is 0 Å². The summed E-state index contributed by atoms with van der Waals surface area (Å²) in [5.41, 5.74) is 1.03. The highest BCUT2D eigenvalue weighted by Crippen LogP contribution is 2.17. The summed E-state index contributed by atoms with van der Waals surface area (Å²) >= 11 is 0. The van der Waals surface area contributed by atoms with E-state index in [2.05, 4.69) is 0 Å². The molecule has 2 nitrogen and oxygen atoms in total. The Hall–Kier alpha value is -0.860. The van der Waals surface area contributed by atoms with Gasteiger partial charge in [-0.1, -0.05) is 30.3 Å². The molecule has 0 amide bonds. The standard InChI is InChI=1S/C11H16O2/c1-9(2)13-11(8-12)10-6-4-3-5-7-10/h3-7,9,11-12H,8H2,1-2H3/t11-/m0/s1. The van der Waals surface area contributed by atoms with E-state index in [0.29, 0.717) is 0 Å². The average molecular weight is 180 g/mol. The van der Waals surface area contributed by atoms with Gasteiger partial charge in [-0.3, -0.25) is 0 Å². The van der Waals surface area contributed by atoms with Crippen LogP contribution in [0.4, 0.5) is 0 Å². The smallest absolute Gasteiger partial charge is 0.106 e. The van der Waals surface area contributed by atoms with Crippen LogP contribution < -0.4 is 0 Å². The summed E-state index contributed by atoms with van der Waals surface area (Å²) < 4.78 is 5.54. The van der Waals surface area contributed by atoms with Crippen molar-refractivity contribution < 1.29 is 9.84 Å². The van der Waals surface area contributed by atoms with E-state index in [1.165, 1.54) is 0 Å². The summed E-state index contributed by atoms with van der Waals surface area (Å²) in [6.07, 6.45) is -0.0569. The van der Waals surface area contributed by atoms with Crippen LogP contribution in [-0.4, -0.2) is 17.8 Å². The van der Waals surface area contributed by atoms with Gasteiger partial charge in [-0.2, -0.15) is 0 Å².